The van der Waals surface area contributed by atoms with Gasteiger partial charge in [0.05, 0.1) is 12.1 Å². The van der Waals surface area contributed by atoms with E-state index in [1.54, 1.807) is 6.92 Å². The van der Waals surface area contributed by atoms with Crippen LogP contribution in [-0.4, -0.2) is 23.8 Å². The molecule has 102 valence electrons. The van der Waals surface area contributed by atoms with Crippen molar-refractivity contribution in [1.29, 1.82) is 0 Å². The molecule has 0 aromatic heterocycles. The third kappa shape index (κ3) is 4.01. The number of aliphatic hydroxyl groups excluding tert-OH is 1. The van der Waals surface area contributed by atoms with Crippen LogP contribution in [0.3, 0.4) is 0 Å². The van der Waals surface area contributed by atoms with E-state index in [0.717, 1.165) is 0 Å². The molecule has 0 aliphatic carbocycles. The lowest BCUT2D eigenvalue weighted by molar-refractivity contribution is 0.167. The maximum absolute atomic E-state index is 13.6. The lowest BCUT2D eigenvalue weighted by Crippen LogP contribution is -2.37. The third-order valence-corrected chi connectivity index (χ3v) is 2.76. The van der Waals surface area contributed by atoms with Crippen molar-refractivity contribution in [3.05, 3.63) is 35.4 Å². The summed E-state index contributed by atoms with van der Waals surface area (Å²) in [4.78, 5) is 0. The number of rotatable bonds is 6. The van der Waals surface area contributed by atoms with Crippen molar-refractivity contribution in [1.82, 2.24) is 5.32 Å². The summed E-state index contributed by atoms with van der Waals surface area (Å²) in [5, 5.41) is 12.3. The molecule has 3 atom stereocenters. The molecule has 5 heteroatoms. The van der Waals surface area contributed by atoms with Crippen LogP contribution < -0.4 is 11.1 Å². The van der Waals surface area contributed by atoms with Crippen LogP contribution in [0.15, 0.2) is 18.2 Å². The van der Waals surface area contributed by atoms with E-state index >= 15 is 0 Å². The fourth-order valence-electron chi connectivity index (χ4n) is 2.04. The van der Waals surface area contributed by atoms with Crippen LogP contribution in [-0.2, 0) is 0 Å². The number of nitrogens with one attached hydrogen (secondary N) is 1. The molecule has 0 amide bonds. The highest BCUT2D eigenvalue weighted by Crippen LogP contribution is 2.20. The Morgan fingerprint density at radius 2 is 1.83 bits per heavy atom. The highest BCUT2D eigenvalue weighted by molar-refractivity contribution is 5.23. The second kappa shape index (κ2) is 6.78. The summed E-state index contributed by atoms with van der Waals surface area (Å²) in [5.41, 5.74) is 5.52. The molecule has 0 fully saturated rings. The van der Waals surface area contributed by atoms with Crippen molar-refractivity contribution in [3.8, 4) is 0 Å². The first-order valence-electron chi connectivity index (χ1n) is 6.03. The quantitative estimate of drug-likeness (QED) is 0.728. The zero-order valence-electron chi connectivity index (χ0n) is 10.7. The van der Waals surface area contributed by atoms with Crippen molar-refractivity contribution in [3.63, 3.8) is 0 Å². The first-order chi connectivity index (χ1) is 8.45. The Morgan fingerprint density at radius 1 is 1.28 bits per heavy atom. The highest BCUT2D eigenvalue weighted by atomic mass is 19.1. The van der Waals surface area contributed by atoms with Crippen LogP contribution in [0, 0.1) is 11.6 Å². The Hall–Kier alpha value is -1.04. The molecule has 0 aliphatic rings. The van der Waals surface area contributed by atoms with Gasteiger partial charge in [0, 0.05) is 18.2 Å². The summed E-state index contributed by atoms with van der Waals surface area (Å²) < 4.78 is 27.2. The minimum absolute atomic E-state index is 0.0440. The second-order valence-electron chi connectivity index (χ2n) is 4.58. The largest absolute Gasteiger partial charge is 0.393 e. The van der Waals surface area contributed by atoms with Crippen LogP contribution in [0.5, 0.6) is 0 Å². The van der Waals surface area contributed by atoms with Crippen molar-refractivity contribution in [2.45, 2.75) is 38.5 Å². The molecule has 1 aromatic rings. The van der Waals surface area contributed by atoms with Gasteiger partial charge in [0.2, 0.25) is 0 Å². The first kappa shape index (κ1) is 15.0. The van der Waals surface area contributed by atoms with Gasteiger partial charge in [0.25, 0.3) is 0 Å². The monoisotopic (exact) mass is 258 g/mol. The van der Waals surface area contributed by atoms with Gasteiger partial charge in [-0.3, -0.25) is 0 Å². The summed E-state index contributed by atoms with van der Waals surface area (Å²) in [6, 6.07) is 3.06. The molecule has 1 rings (SSSR count). The van der Waals surface area contributed by atoms with Gasteiger partial charge in [-0.2, -0.15) is 0 Å². The van der Waals surface area contributed by atoms with Gasteiger partial charge >= 0.3 is 0 Å². The Morgan fingerprint density at radius 3 is 2.28 bits per heavy atom. The summed E-state index contributed by atoms with van der Waals surface area (Å²) in [6.07, 6.45) is 0.0171. The first-order valence-corrected chi connectivity index (χ1v) is 6.03. The van der Waals surface area contributed by atoms with Crippen molar-refractivity contribution in [2.24, 2.45) is 5.73 Å². The lowest BCUT2D eigenvalue weighted by atomic mass is 10.0. The van der Waals surface area contributed by atoms with Crippen LogP contribution in [0.4, 0.5) is 8.78 Å². The number of halogens is 2. The minimum atomic E-state index is -0.609. The molecule has 0 heterocycles. The highest BCUT2D eigenvalue weighted by Gasteiger charge is 2.20. The molecule has 0 aliphatic heterocycles. The third-order valence-electron chi connectivity index (χ3n) is 2.76. The van der Waals surface area contributed by atoms with Gasteiger partial charge in [-0.1, -0.05) is 6.07 Å². The summed E-state index contributed by atoms with van der Waals surface area (Å²) in [6.45, 7) is 3.59. The van der Waals surface area contributed by atoms with Crippen molar-refractivity contribution >= 4 is 0 Å². The number of nitrogens with two attached hydrogens (primary N) is 1. The van der Waals surface area contributed by atoms with Crippen LogP contribution >= 0.6 is 0 Å². The Labute approximate surface area is 106 Å². The molecule has 0 bridgehead atoms. The average Bonchev–Trinajstić information content (AvgIpc) is 2.26. The van der Waals surface area contributed by atoms with Gasteiger partial charge in [-0.25, -0.2) is 8.78 Å². The predicted molar refractivity (Wildman–Crippen MR) is 67.0 cm³/mol. The zero-order valence-corrected chi connectivity index (χ0v) is 10.7. The maximum Gasteiger partial charge on any atom is 0.130 e. The van der Waals surface area contributed by atoms with Gasteiger partial charge in [0.15, 0.2) is 0 Å². The van der Waals surface area contributed by atoms with Crippen LogP contribution in [0.1, 0.15) is 31.9 Å². The number of aliphatic hydroxyl groups is 1. The zero-order chi connectivity index (χ0) is 13.7. The molecule has 18 heavy (non-hydrogen) atoms. The van der Waals surface area contributed by atoms with Crippen molar-refractivity contribution in [2.75, 3.05) is 6.54 Å². The van der Waals surface area contributed by atoms with Crippen molar-refractivity contribution < 1.29 is 13.9 Å². The van der Waals surface area contributed by atoms with E-state index < -0.39 is 23.8 Å². The lowest BCUT2D eigenvalue weighted by Gasteiger charge is -2.24. The van der Waals surface area contributed by atoms with E-state index in [9.17, 15) is 13.9 Å². The Bertz CT molecular complexity index is 365. The number of benzene rings is 1. The van der Waals surface area contributed by atoms with Gasteiger partial charge in [-0.05, 0) is 32.4 Å². The normalized spacial score (nSPS) is 16.3. The molecule has 3 unspecified atom stereocenters. The SMILES string of the molecule is CC(O)CC(C)NC(CN)c1c(F)cccc1F. The van der Waals surface area contributed by atoms with E-state index in [-0.39, 0.29) is 18.2 Å². The molecule has 4 N–H and O–H groups in total. The minimum Gasteiger partial charge on any atom is -0.393 e. The second-order valence-corrected chi connectivity index (χ2v) is 4.58. The average molecular weight is 258 g/mol. The van der Waals surface area contributed by atoms with E-state index in [1.165, 1.54) is 18.2 Å². The molecule has 3 nitrogen and oxygen atoms in total. The maximum atomic E-state index is 13.6. The van der Waals surface area contributed by atoms with Gasteiger partial charge in [-0.15, -0.1) is 0 Å². The topological polar surface area (TPSA) is 58.3 Å². The van der Waals surface area contributed by atoms with Gasteiger partial charge in [0.1, 0.15) is 11.6 Å². The Kier molecular flexibility index (Phi) is 5.65. The fraction of sp³-hybridized carbons (Fsp3) is 0.538. The smallest absolute Gasteiger partial charge is 0.130 e. The van der Waals surface area contributed by atoms with E-state index in [1.807, 2.05) is 6.92 Å². The predicted octanol–water partition coefficient (Wildman–Crippen LogP) is 1.71. The molecule has 0 radical (unpaired) electrons. The summed E-state index contributed by atoms with van der Waals surface area (Å²) >= 11 is 0. The van der Waals surface area contributed by atoms with E-state index in [0.29, 0.717) is 6.42 Å². The van der Waals surface area contributed by atoms with E-state index in [4.69, 9.17) is 5.73 Å². The number of hydrogen-bond acceptors (Lipinski definition) is 3. The fourth-order valence-corrected chi connectivity index (χ4v) is 2.04. The molecule has 0 saturated carbocycles. The van der Waals surface area contributed by atoms with Gasteiger partial charge < -0.3 is 16.2 Å². The standard InChI is InChI=1S/C13H20F2N2O/c1-8(6-9(2)18)17-12(7-16)13-10(14)4-3-5-11(13)15/h3-5,8-9,12,17-18H,6-7,16H2,1-2H3. The van der Waals surface area contributed by atoms with Crippen LogP contribution in [0.25, 0.3) is 0 Å². The molecular weight excluding hydrogens is 238 g/mol. The van der Waals surface area contributed by atoms with Crippen LogP contribution in [0.2, 0.25) is 0 Å². The number of hydrogen-bond donors (Lipinski definition) is 3. The molecular formula is C13H20F2N2O. The Balaban J connectivity index is 2.83. The van der Waals surface area contributed by atoms with E-state index in [2.05, 4.69) is 5.32 Å². The molecule has 0 spiro atoms. The molecule has 1 aromatic carbocycles. The molecule has 0 saturated heterocycles. The summed E-state index contributed by atoms with van der Waals surface area (Å²) in [7, 11) is 0. The summed E-state index contributed by atoms with van der Waals surface area (Å²) in [5.74, 6) is -1.22.